The number of halogens is 4. The Bertz CT molecular complexity index is 555. The normalized spacial score (nSPS) is 10.4. The molecule has 6 heteroatoms. The third-order valence-corrected chi connectivity index (χ3v) is 2.28. The zero-order valence-electron chi connectivity index (χ0n) is 8.98. The first-order valence-electron chi connectivity index (χ1n) is 4.94. The molecule has 18 heavy (non-hydrogen) atoms. The molecule has 0 heterocycles. The largest absolute Gasteiger partial charge is 0.399 e. The summed E-state index contributed by atoms with van der Waals surface area (Å²) in [5.74, 6) is -3.97. The zero-order valence-corrected chi connectivity index (χ0v) is 8.98. The number of hydrogen-bond acceptors (Lipinski definition) is 2. The van der Waals surface area contributed by atoms with Crippen molar-refractivity contribution in [3.63, 3.8) is 0 Å². The van der Waals surface area contributed by atoms with Crippen LogP contribution in [0.1, 0.15) is 0 Å². The van der Waals surface area contributed by atoms with Crippen molar-refractivity contribution >= 4 is 17.1 Å². The van der Waals surface area contributed by atoms with Gasteiger partial charge < -0.3 is 11.1 Å². The number of nitrogens with one attached hydrogen (secondary N) is 1. The van der Waals surface area contributed by atoms with E-state index in [1.807, 2.05) is 5.32 Å². The molecule has 2 rings (SSSR count). The molecular formula is C12H8F4N2. The molecule has 0 bridgehead atoms. The van der Waals surface area contributed by atoms with E-state index >= 15 is 0 Å². The van der Waals surface area contributed by atoms with E-state index in [1.54, 1.807) is 0 Å². The van der Waals surface area contributed by atoms with Crippen LogP contribution in [0, 0.1) is 23.3 Å². The smallest absolute Gasteiger partial charge is 0.151 e. The van der Waals surface area contributed by atoms with Gasteiger partial charge in [0.05, 0.1) is 0 Å². The highest BCUT2D eigenvalue weighted by Crippen LogP contribution is 2.28. The van der Waals surface area contributed by atoms with Crippen LogP contribution >= 0.6 is 0 Å². The second kappa shape index (κ2) is 4.56. The summed E-state index contributed by atoms with van der Waals surface area (Å²) in [6.07, 6.45) is 0. The fourth-order valence-corrected chi connectivity index (χ4v) is 1.45. The first-order valence-corrected chi connectivity index (χ1v) is 4.94. The first kappa shape index (κ1) is 12.2. The van der Waals surface area contributed by atoms with E-state index < -0.39 is 34.6 Å². The molecule has 0 spiro atoms. The fraction of sp³-hybridized carbons (Fsp3) is 0. The van der Waals surface area contributed by atoms with Crippen molar-refractivity contribution in [3.05, 3.63) is 53.6 Å². The minimum Gasteiger partial charge on any atom is -0.399 e. The minimum atomic E-state index is -1.03. The zero-order chi connectivity index (χ0) is 13.3. The summed E-state index contributed by atoms with van der Waals surface area (Å²) in [6, 6.07) is 4.79. The fourth-order valence-electron chi connectivity index (χ4n) is 1.45. The lowest BCUT2D eigenvalue weighted by Crippen LogP contribution is -2.03. The first-order chi connectivity index (χ1) is 8.49. The lowest BCUT2D eigenvalue weighted by atomic mass is 10.2. The Morgan fingerprint density at radius 2 is 1.22 bits per heavy atom. The number of anilines is 3. The van der Waals surface area contributed by atoms with Gasteiger partial charge in [0.15, 0.2) is 11.6 Å². The highest BCUT2D eigenvalue weighted by atomic mass is 19.1. The van der Waals surface area contributed by atoms with Gasteiger partial charge in [0.1, 0.15) is 23.0 Å². The van der Waals surface area contributed by atoms with Crippen molar-refractivity contribution < 1.29 is 17.6 Å². The molecule has 0 aliphatic carbocycles. The van der Waals surface area contributed by atoms with Crippen LogP contribution in [0.15, 0.2) is 30.3 Å². The van der Waals surface area contributed by atoms with Crippen LogP contribution in [0.2, 0.25) is 0 Å². The van der Waals surface area contributed by atoms with Crippen LogP contribution in [0.3, 0.4) is 0 Å². The Balaban J connectivity index is 2.47. The van der Waals surface area contributed by atoms with Gasteiger partial charge in [0.25, 0.3) is 0 Å². The third kappa shape index (κ3) is 2.22. The third-order valence-electron chi connectivity index (χ3n) is 2.28. The maximum atomic E-state index is 13.4. The molecule has 0 radical (unpaired) electrons. The van der Waals surface area contributed by atoms with Gasteiger partial charge >= 0.3 is 0 Å². The molecular weight excluding hydrogens is 248 g/mol. The molecule has 0 aliphatic rings. The highest BCUT2D eigenvalue weighted by Gasteiger charge is 2.15. The van der Waals surface area contributed by atoms with Gasteiger partial charge in [-0.05, 0) is 24.3 Å². The van der Waals surface area contributed by atoms with E-state index in [4.69, 9.17) is 5.73 Å². The number of nitrogen functional groups attached to an aromatic ring is 1. The molecule has 2 aromatic carbocycles. The Hall–Kier alpha value is -2.24. The molecule has 0 saturated heterocycles. The Morgan fingerprint density at radius 3 is 1.72 bits per heavy atom. The predicted molar refractivity (Wildman–Crippen MR) is 60.4 cm³/mol. The lowest BCUT2D eigenvalue weighted by Gasteiger charge is -2.11. The number of hydrogen-bond donors (Lipinski definition) is 2. The Kier molecular flexibility index (Phi) is 3.10. The number of para-hydroxylation sites is 1. The summed E-state index contributed by atoms with van der Waals surface area (Å²) in [5.41, 5.74) is 3.82. The van der Waals surface area contributed by atoms with Crippen LogP contribution in [-0.4, -0.2) is 0 Å². The van der Waals surface area contributed by atoms with Crippen molar-refractivity contribution in [2.24, 2.45) is 0 Å². The molecule has 0 fully saturated rings. The van der Waals surface area contributed by atoms with Crippen molar-refractivity contribution in [2.45, 2.75) is 0 Å². The molecule has 2 aromatic rings. The summed E-state index contributed by atoms with van der Waals surface area (Å²) < 4.78 is 53.5. The number of benzene rings is 2. The molecule has 0 atom stereocenters. The number of rotatable bonds is 2. The standard InChI is InChI=1S/C12H8F4N2/c13-7-2-1-3-8(14)11(7)18-12-9(15)4-6(17)5-10(12)16/h1-5,18H,17H2. The summed E-state index contributed by atoms with van der Waals surface area (Å²) in [7, 11) is 0. The van der Waals surface area contributed by atoms with Gasteiger partial charge in [-0.25, -0.2) is 17.6 Å². The highest BCUT2D eigenvalue weighted by molar-refractivity contribution is 5.64. The summed E-state index contributed by atoms with van der Waals surface area (Å²) >= 11 is 0. The summed E-state index contributed by atoms with van der Waals surface area (Å²) in [6.45, 7) is 0. The Morgan fingerprint density at radius 1 is 0.778 bits per heavy atom. The van der Waals surface area contributed by atoms with E-state index in [2.05, 4.69) is 0 Å². The molecule has 3 N–H and O–H groups in total. The van der Waals surface area contributed by atoms with Crippen molar-refractivity contribution in [1.82, 2.24) is 0 Å². The van der Waals surface area contributed by atoms with Crippen LogP contribution in [0.4, 0.5) is 34.6 Å². The van der Waals surface area contributed by atoms with Crippen LogP contribution in [0.25, 0.3) is 0 Å². The van der Waals surface area contributed by atoms with Gasteiger partial charge in [-0.15, -0.1) is 0 Å². The van der Waals surface area contributed by atoms with Crippen molar-refractivity contribution in [1.29, 1.82) is 0 Å². The minimum absolute atomic E-state index is 0.121. The van der Waals surface area contributed by atoms with E-state index in [0.717, 1.165) is 30.3 Å². The molecule has 0 unspecified atom stereocenters. The second-order valence-corrected chi connectivity index (χ2v) is 3.58. The van der Waals surface area contributed by atoms with Gasteiger partial charge in [-0.2, -0.15) is 0 Å². The maximum Gasteiger partial charge on any atom is 0.151 e. The van der Waals surface area contributed by atoms with Gasteiger partial charge in [0, 0.05) is 5.69 Å². The topological polar surface area (TPSA) is 38.0 Å². The molecule has 0 aliphatic heterocycles. The van der Waals surface area contributed by atoms with Crippen LogP contribution in [0.5, 0.6) is 0 Å². The molecule has 0 aromatic heterocycles. The van der Waals surface area contributed by atoms with Crippen molar-refractivity contribution in [2.75, 3.05) is 11.1 Å². The quantitative estimate of drug-likeness (QED) is 0.636. The average Bonchev–Trinajstić information content (AvgIpc) is 2.26. The van der Waals surface area contributed by atoms with Gasteiger partial charge in [-0.1, -0.05) is 6.07 Å². The van der Waals surface area contributed by atoms with E-state index in [1.165, 1.54) is 0 Å². The van der Waals surface area contributed by atoms with Gasteiger partial charge in [0.2, 0.25) is 0 Å². The van der Waals surface area contributed by atoms with E-state index in [-0.39, 0.29) is 5.69 Å². The second-order valence-electron chi connectivity index (χ2n) is 3.58. The van der Waals surface area contributed by atoms with E-state index in [0.29, 0.717) is 0 Å². The molecule has 0 amide bonds. The monoisotopic (exact) mass is 256 g/mol. The molecule has 2 nitrogen and oxygen atoms in total. The molecule has 94 valence electrons. The summed E-state index contributed by atoms with van der Waals surface area (Å²) in [5, 5.41) is 2.05. The predicted octanol–water partition coefficient (Wildman–Crippen LogP) is 3.57. The van der Waals surface area contributed by atoms with Crippen LogP contribution < -0.4 is 11.1 Å². The average molecular weight is 256 g/mol. The molecule has 0 saturated carbocycles. The van der Waals surface area contributed by atoms with Crippen molar-refractivity contribution in [3.8, 4) is 0 Å². The maximum absolute atomic E-state index is 13.4. The lowest BCUT2D eigenvalue weighted by molar-refractivity contribution is 0.580. The van der Waals surface area contributed by atoms with Crippen LogP contribution in [-0.2, 0) is 0 Å². The summed E-state index contributed by atoms with van der Waals surface area (Å²) in [4.78, 5) is 0. The Labute approximate surface area is 100 Å². The SMILES string of the molecule is Nc1cc(F)c(Nc2c(F)cccc2F)c(F)c1. The van der Waals surface area contributed by atoms with E-state index in [9.17, 15) is 17.6 Å². The number of nitrogens with two attached hydrogens (primary N) is 1. The van der Waals surface area contributed by atoms with Gasteiger partial charge in [-0.3, -0.25) is 0 Å².